The second kappa shape index (κ2) is 8.03. The Morgan fingerprint density at radius 1 is 1.07 bits per heavy atom. The molecule has 1 aliphatic carbocycles. The summed E-state index contributed by atoms with van der Waals surface area (Å²) in [5.41, 5.74) is 0.702. The summed E-state index contributed by atoms with van der Waals surface area (Å²) in [7, 11) is 0. The van der Waals surface area contributed by atoms with Crippen molar-refractivity contribution in [3.63, 3.8) is 0 Å². The van der Waals surface area contributed by atoms with Gasteiger partial charge in [-0.25, -0.2) is 4.39 Å². The maximum absolute atomic E-state index is 14.0. The highest BCUT2D eigenvalue weighted by molar-refractivity contribution is 6.00. The SMILES string of the molecule is O=C(O[C@H](C(=O)NC1CC1)c1ccccc1)[C@H]1CC(=O)N(c2ccccc2F)C1. The third kappa shape index (κ3) is 4.29. The van der Waals surface area contributed by atoms with E-state index in [0.29, 0.717) is 5.56 Å². The third-order valence-electron chi connectivity index (χ3n) is 5.10. The molecule has 2 amide bonds. The molecule has 1 heterocycles. The van der Waals surface area contributed by atoms with Crippen LogP contribution in [-0.2, 0) is 19.1 Å². The molecule has 1 saturated carbocycles. The van der Waals surface area contributed by atoms with Crippen LogP contribution in [0, 0.1) is 11.7 Å². The van der Waals surface area contributed by atoms with Gasteiger partial charge in [-0.15, -0.1) is 0 Å². The number of anilines is 1. The van der Waals surface area contributed by atoms with E-state index in [-0.39, 0.29) is 36.5 Å². The lowest BCUT2D eigenvalue weighted by Crippen LogP contribution is -2.35. The summed E-state index contributed by atoms with van der Waals surface area (Å²) in [6, 6.07) is 14.8. The smallest absolute Gasteiger partial charge is 0.312 e. The number of ether oxygens (including phenoxy) is 1. The molecule has 29 heavy (non-hydrogen) atoms. The predicted molar refractivity (Wildman–Crippen MR) is 103 cm³/mol. The summed E-state index contributed by atoms with van der Waals surface area (Å²) < 4.78 is 19.6. The Morgan fingerprint density at radius 2 is 1.76 bits per heavy atom. The van der Waals surface area contributed by atoms with Gasteiger partial charge in [0.15, 0.2) is 0 Å². The highest BCUT2D eigenvalue weighted by Crippen LogP contribution is 2.30. The number of hydrogen-bond donors (Lipinski definition) is 1. The minimum atomic E-state index is -1.08. The van der Waals surface area contributed by atoms with Gasteiger partial charge in [-0.2, -0.15) is 0 Å². The molecule has 7 heteroatoms. The summed E-state index contributed by atoms with van der Waals surface area (Å²) in [5.74, 6) is -2.65. The van der Waals surface area contributed by atoms with Gasteiger partial charge in [-0.3, -0.25) is 14.4 Å². The number of esters is 1. The van der Waals surface area contributed by atoms with Crippen LogP contribution >= 0.6 is 0 Å². The van der Waals surface area contributed by atoms with Crippen LogP contribution in [-0.4, -0.2) is 30.4 Å². The van der Waals surface area contributed by atoms with E-state index in [1.165, 1.54) is 23.1 Å². The molecule has 1 aliphatic heterocycles. The van der Waals surface area contributed by atoms with Crippen molar-refractivity contribution in [1.29, 1.82) is 0 Å². The number of rotatable bonds is 6. The summed E-state index contributed by atoms with van der Waals surface area (Å²) in [6.45, 7) is 0.0182. The van der Waals surface area contributed by atoms with Crippen molar-refractivity contribution in [3.05, 3.63) is 66.0 Å². The fourth-order valence-corrected chi connectivity index (χ4v) is 3.39. The van der Waals surface area contributed by atoms with Crippen LogP contribution in [0.25, 0.3) is 0 Å². The first kappa shape index (κ1) is 19.1. The molecule has 0 aromatic heterocycles. The molecule has 2 aromatic rings. The molecule has 2 aromatic carbocycles. The maximum atomic E-state index is 14.0. The lowest BCUT2D eigenvalue weighted by atomic mass is 10.1. The number of halogens is 1. The molecule has 6 nitrogen and oxygen atoms in total. The standard InChI is InChI=1S/C22H21FN2O4/c23-17-8-4-5-9-18(17)25-13-15(12-19(25)26)22(28)29-20(14-6-2-1-3-7-14)21(27)24-16-10-11-16/h1-9,15-16,20H,10-13H2,(H,24,27)/t15-,20-/m0/s1. The first-order valence-electron chi connectivity index (χ1n) is 9.63. The lowest BCUT2D eigenvalue weighted by Gasteiger charge is -2.20. The van der Waals surface area contributed by atoms with E-state index < -0.39 is 23.8 Å². The molecule has 0 spiro atoms. The van der Waals surface area contributed by atoms with Crippen molar-refractivity contribution in [3.8, 4) is 0 Å². The summed E-state index contributed by atoms with van der Waals surface area (Å²) in [6.07, 6.45) is 0.659. The van der Waals surface area contributed by atoms with Crippen LogP contribution in [0.15, 0.2) is 54.6 Å². The topological polar surface area (TPSA) is 75.7 Å². The zero-order valence-electron chi connectivity index (χ0n) is 15.7. The van der Waals surface area contributed by atoms with E-state index in [9.17, 15) is 18.8 Å². The van der Waals surface area contributed by atoms with Crippen LogP contribution in [0.5, 0.6) is 0 Å². The molecule has 0 unspecified atom stereocenters. The largest absolute Gasteiger partial charge is 0.447 e. The molecule has 1 N–H and O–H groups in total. The van der Waals surface area contributed by atoms with E-state index in [2.05, 4.69) is 5.32 Å². The van der Waals surface area contributed by atoms with Crippen LogP contribution in [0.1, 0.15) is 30.9 Å². The van der Waals surface area contributed by atoms with Gasteiger partial charge in [0, 0.05) is 24.6 Å². The van der Waals surface area contributed by atoms with Crippen molar-refractivity contribution < 1.29 is 23.5 Å². The third-order valence-corrected chi connectivity index (χ3v) is 5.10. The van der Waals surface area contributed by atoms with Crippen molar-refractivity contribution in [1.82, 2.24) is 5.32 Å². The monoisotopic (exact) mass is 396 g/mol. The quantitative estimate of drug-likeness (QED) is 0.762. The Bertz CT molecular complexity index is 929. The summed E-state index contributed by atoms with van der Waals surface area (Å²) >= 11 is 0. The number of para-hydroxylation sites is 1. The van der Waals surface area contributed by atoms with Gasteiger partial charge in [-0.1, -0.05) is 42.5 Å². The highest BCUT2D eigenvalue weighted by atomic mass is 19.1. The minimum absolute atomic E-state index is 0.0182. The molecule has 2 aliphatic rings. The van der Waals surface area contributed by atoms with Crippen LogP contribution in [0.2, 0.25) is 0 Å². The number of carbonyl (C=O) groups excluding carboxylic acids is 3. The molecule has 1 saturated heterocycles. The summed E-state index contributed by atoms with van der Waals surface area (Å²) in [5, 5.41) is 2.86. The maximum Gasteiger partial charge on any atom is 0.312 e. The Hall–Kier alpha value is -3.22. The first-order chi connectivity index (χ1) is 14.0. The Labute approximate surface area is 167 Å². The number of nitrogens with zero attached hydrogens (tertiary/aromatic N) is 1. The van der Waals surface area contributed by atoms with Gasteiger partial charge >= 0.3 is 5.97 Å². The first-order valence-corrected chi connectivity index (χ1v) is 9.63. The molecule has 0 radical (unpaired) electrons. The van der Waals surface area contributed by atoms with E-state index >= 15 is 0 Å². The van der Waals surface area contributed by atoms with Gasteiger partial charge in [-0.05, 0) is 25.0 Å². The van der Waals surface area contributed by atoms with Crippen molar-refractivity contribution in [2.24, 2.45) is 5.92 Å². The van der Waals surface area contributed by atoms with E-state index in [4.69, 9.17) is 4.74 Å². The Morgan fingerprint density at radius 3 is 2.45 bits per heavy atom. The fraction of sp³-hybridized carbons (Fsp3) is 0.318. The number of nitrogens with one attached hydrogen (secondary N) is 1. The Balaban J connectivity index is 1.48. The predicted octanol–water partition coefficient (Wildman–Crippen LogP) is 2.74. The van der Waals surface area contributed by atoms with E-state index in [1.807, 2.05) is 6.07 Å². The van der Waals surface area contributed by atoms with Crippen molar-refractivity contribution in [2.45, 2.75) is 31.4 Å². The molecule has 4 rings (SSSR count). The summed E-state index contributed by atoms with van der Waals surface area (Å²) in [4.78, 5) is 39.0. The van der Waals surface area contributed by atoms with Gasteiger partial charge in [0.25, 0.3) is 5.91 Å². The fourth-order valence-electron chi connectivity index (χ4n) is 3.39. The molecular formula is C22H21FN2O4. The average Bonchev–Trinajstić information content (AvgIpc) is 3.46. The highest BCUT2D eigenvalue weighted by Gasteiger charge is 2.39. The Kier molecular flexibility index (Phi) is 5.29. The van der Waals surface area contributed by atoms with Gasteiger partial charge in [0.2, 0.25) is 12.0 Å². The number of amides is 2. The van der Waals surface area contributed by atoms with E-state index in [0.717, 1.165) is 12.8 Å². The number of carbonyl (C=O) groups is 3. The van der Waals surface area contributed by atoms with Gasteiger partial charge in [0.05, 0.1) is 11.6 Å². The molecule has 2 atom stereocenters. The molecular weight excluding hydrogens is 375 g/mol. The number of hydrogen-bond acceptors (Lipinski definition) is 4. The van der Waals surface area contributed by atoms with Crippen LogP contribution in [0.4, 0.5) is 10.1 Å². The zero-order valence-corrected chi connectivity index (χ0v) is 15.7. The molecule has 0 bridgehead atoms. The van der Waals surface area contributed by atoms with Crippen LogP contribution < -0.4 is 10.2 Å². The van der Waals surface area contributed by atoms with Crippen molar-refractivity contribution >= 4 is 23.5 Å². The van der Waals surface area contributed by atoms with Gasteiger partial charge < -0.3 is 15.0 Å². The second-order valence-corrected chi connectivity index (χ2v) is 7.37. The second-order valence-electron chi connectivity index (χ2n) is 7.37. The average molecular weight is 396 g/mol. The zero-order chi connectivity index (χ0) is 20.4. The van der Waals surface area contributed by atoms with E-state index in [1.54, 1.807) is 30.3 Å². The van der Waals surface area contributed by atoms with Crippen molar-refractivity contribution in [2.75, 3.05) is 11.4 Å². The molecule has 150 valence electrons. The number of benzene rings is 2. The normalized spacial score (nSPS) is 19.7. The minimum Gasteiger partial charge on any atom is -0.447 e. The van der Waals surface area contributed by atoms with Crippen LogP contribution in [0.3, 0.4) is 0 Å². The lowest BCUT2D eigenvalue weighted by molar-refractivity contribution is -0.160. The molecule has 2 fully saturated rings. The van der Waals surface area contributed by atoms with Gasteiger partial charge in [0.1, 0.15) is 5.82 Å².